The van der Waals surface area contributed by atoms with Crippen molar-refractivity contribution in [2.24, 2.45) is 0 Å². The van der Waals surface area contributed by atoms with E-state index in [1.54, 1.807) is 12.4 Å². The third kappa shape index (κ3) is 3.38. The molecule has 6 heteroatoms. The summed E-state index contributed by atoms with van der Waals surface area (Å²) in [6, 6.07) is 11.4. The number of rotatable bonds is 4. The maximum atomic E-state index is 12.4. The first-order valence-electron chi connectivity index (χ1n) is 8.41. The van der Waals surface area contributed by atoms with Crippen LogP contribution < -0.4 is 10.2 Å². The Morgan fingerprint density at radius 2 is 1.60 bits per heavy atom. The molecule has 2 aromatic heterocycles. The van der Waals surface area contributed by atoms with E-state index in [0.717, 1.165) is 24.7 Å². The summed E-state index contributed by atoms with van der Waals surface area (Å²) >= 11 is 0. The lowest BCUT2D eigenvalue weighted by molar-refractivity contribution is 0.102. The molecule has 1 N–H and O–H groups in total. The number of benzene rings is 1. The molecule has 3 heterocycles. The van der Waals surface area contributed by atoms with E-state index in [2.05, 4.69) is 20.2 Å². The molecule has 1 fully saturated rings. The lowest BCUT2D eigenvalue weighted by Crippen LogP contribution is -2.20. The number of carbonyl (C=O) groups excluding carboxylic acids is 1. The Bertz CT molecular complexity index is 835. The first-order valence-corrected chi connectivity index (χ1v) is 8.41. The Kier molecular flexibility index (Phi) is 4.16. The molecular weight excluding hydrogens is 314 g/mol. The zero-order valence-corrected chi connectivity index (χ0v) is 13.8. The number of hydrogen-bond acceptors (Lipinski definition) is 4. The normalized spacial score (nSPS) is 13.8. The van der Waals surface area contributed by atoms with Crippen LogP contribution in [0.25, 0.3) is 5.69 Å². The summed E-state index contributed by atoms with van der Waals surface area (Å²) in [6.45, 7) is 2.00. The van der Waals surface area contributed by atoms with Crippen molar-refractivity contribution in [1.82, 2.24) is 14.5 Å². The topological polar surface area (TPSA) is 63.1 Å². The average Bonchev–Trinajstić information content (AvgIpc) is 3.36. The molecule has 6 nitrogen and oxygen atoms in total. The van der Waals surface area contributed by atoms with Gasteiger partial charge in [-0.15, -0.1) is 0 Å². The third-order valence-electron chi connectivity index (χ3n) is 4.32. The van der Waals surface area contributed by atoms with Crippen molar-refractivity contribution in [2.45, 2.75) is 12.8 Å². The van der Waals surface area contributed by atoms with E-state index >= 15 is 0 Å². The molecule has 3 aromatic rings. The molecule has 126 valence electrons. The van der Waals surface area contributed by atoms with Gasteiger partial charge in [-0.3, -0.25) is 4.79 Å². The quantitative estimate of drug-likeness (QED) is 0.797. The third-order valence-corrected chi connectivity index (χ3v) is 4.32. The Hall–Kier alpha value is -3.15. The fraction of sp³-hybridized carbons (Fsp3) is 0.211. The second-order valence-electron chi connectivity index (χ2n) is 6.06. The predicted octanol–water partition coefficient (Wildman–Crippen LogP) is 3.12. The molecular formula is C19H19N5O. The van der Waals surface area contributed by atoms with Gasteiger partial charge in [0.15, 0.2) is 0 Å². The van der Waals surface area contributed by atoms with Gasteiger partial charge in [0.1, 0.15) is 0 Å². The van der Waals surface area contributed by atoms with E-state index in [4.69, 9.17) is 0 Å². The number of aromatic nitrogens is 3. The van der Waals surface area contributed by atoms with Crippen LogP contribution in [0.2, 0.25) is 0 Å². The van der Waals surface area contributed by atoms with Gasteiger partial charge in [0.2, 0.25) is 5.95 Å². The molecule has 25 heavy (non-hydrogen) atoms. The highest BCUT2D eigenvalue weighted by molar-refractivity contribution is 6.04. The monoisotopic (exact) mass is 333 g/mol. The van der Waals surface area contributed by atoms with Crippen LogP contribution in [0.3, 0.4) is 0 Å². The van der Waals surface area contributed by atoms with E-state index in [-0.39, 0.29) is 5.91 Å². The van der Waals surface area contributed by atoms with Crippen LogP contribution in [0.4, 0.5) is 11.6 Å². The van der Waals surface area contributed by atoms with E-state index in [9.17, 15) is 4.79 Å². The summed E-state index contributed by atoms with van der Waals surface area (Å²) in [7, 11) is 0. The highest BCUT2D eigenvalue weighted by atomic mass is 16.1. The van der Waals surface area contributed by atoms with Gasteiger partial charge in [-0.1, -0.05) is 0 Å². The van der Waals surface area contributed by atoms with Crippen molar-refractivity contribution < 1.29 is 4.79 Å². The Balaban J connectivity index is 1.42. The first-order chi connectivity index (χ1) is 12.3. The van der Waals surface area contributed by atoms with Crippen molar-refractivity contribution in [1.29, 1.82) is 0 Å². The van der Waals surface area contributed by atoms with Crippen molar-refractivity contribution in [3.05, 3.63) is 66.7 Å². The van der Waals surface area contributed by atoms with Gasteiger partial charge in [0, 0.05) is 36.7 Å². The minimum atomic E-state index is -0.170. The van der Waals surface area contributed by atoms with Gasteiger partial charge in [-0.2, -0.15) is 0 Å². The SMILES string of the molecule is O=C(Nc1cnc(N2CCCC2)nc1)c1ccc(-n2cccc2)cc1. The zero-order chi connectivity index (χ0) is 17.1. The molecule has 1 saturated heterocycles. The molecule has 1 amide bonds. The van der Waals surface area contributed by atoms with Gasteiger partial charge < -0.3 is 14.8 Å². The first kappa shape index (κ1) is 15.4. The Morgan fingerprint density at radius 1 is 0.960 bits per heavy atom. The van der Waals surface area contributed by atoms with Crippen molar-refractivity contribution >= 4 is 17.5 Å². The van der Waals surface area contributed by atoms with Crippen LogP contribution in [0.15, 0.2) is 61.2 Å². The van der Waals surface area contributed by atoms with Crippen molar-refractivity contribution in [2.75, 3.05) is 23.3 Å². The van der Waals surface area contributed by atoms with Gasteiger partial charge in [0.05, 0.1) is 18.1 Å². The number of nitrogens with one attached hydrogen (secondary N) is 1. The number of amides is 1. The highest BCUT2D eigenvalue weighted by Gasteiger charge is 2.15. The molecule has 0 saturated carbocycles. The molecule has 0 spiro atoms. The number of anilines is 2. The summed E-state index contributed by atoms with van der Waals surface area (Å²) in [5.41, 5.74) is 2.21. The molecule has 1 aliphatic heterocycles. The molecule has 0 aliphatic carbocycles. The summed E-state index contributed by atoms with van der Waals surface area (Å²) in [4.78, 5) is 23.2. The summed E-state index contributed by atoms with van der Waals surface area (Å²) in [5.74, 6) is 0.558. The van der Waals surface area contributed by atoms with E-state index in [1.807, 2.05) is 53.4 Å². The summed E-state index contributed by atoms with van der Waals surface area (Å²) in [6.07, 6.45) is 9.61. The van der Waals surface area contributed by atoms with Crippen LogP contribution in [-0.2, 0) is 0 Å². The zero-order valence-electron chi connectivity index (χ0n) is 13.8. The van der Waals surface area contributed by atoms with Gasteiger partial charge in [0.25, 0.3) is 5.91 Å². The Labute approximate surface area is 146 Å². The molecule has 0 bridgehead atoms. The molecule has 0 unspecified atom stereocenters. The Morgan fingerprint density at radius 3 is 2.24 bits per heavy atom. The summed E-state index contributed by atoms with van der Waals surface area (Å²) < 4.78 is 1.99. The van der Waals surface area contributed by atoms with Crippen molar-refractivity contribution in [3.63, 3.8) is 0 Å². The van der Waals surface area contributed by atoms with E-state index < -0.39 is 0 Å². The lowest BCUT2D eigenvalue weighted by Gasteiger charge is -2.14. The number of hydrogen-bond donors (Lipinski definition) is 1. The van der Waals surface area contributed by atoms with Gasteiger partial charge >= 0.3 is 0 Å². The van der Waals surface area contributed by atoms with Gasteiger partial charge in [-0.05, 0) is 49.2 Å². The van der Waals surface area contributed by atoms with Crippen LogP contribution in [0, 0.1) is 0 Å². The molecule has 1 aromatic carbocycles. The largest absolute Gasteiger partial charge is 0.341 e. The lowest BCUT2D eigenvalue weighted by atomic mass is 10.2. The standard InChI is InChI=1S/C19H19N5O/c25-18(15-5-7-17(8-6-15)23-9-1-2-10-23)22-16-13-20-19(21-14-16)24-11-3-4-12-24/h1-2,5-10,13-14H,3-4,11-12H2,(H,22,25). The minimum absolute atomic E-state index is 0.170. The molecule has 1 aliphatic rings. The maximum absolute atomic E-state index is 12.4. The highest BCUT2D eigenvalue weighted by Crippen LogP contribution is 2.17. The van der Waals surface area contributed by atoms with Gasteiger partial charge in [-0.25, -0.2) is 9.97 Å². The molecule has 0 radical (unpaired) electrons. The molecule has 4 rings (SSSR count). The summed E-state index contributed by atoms with van der Waals surface area (Å²) in [5, 5.41) is 2.84. The van der Waals surface area contributed by atoms with E-state index in [1.165, 1.54) is 12.8 Å². The van der Waals surface area contributed by atoms with Crippen LogP contribution >= 0.6 is 0 Å². The fourth-order valence-electron chi connectivity index (χ4n) is 2.96. The van der Waals surface area contributed by atoms with Crippen molar-refractivity contribution in [3.8, 4) is 5.69 Å². The smallest absolute Gasteiger partial charge is 0.255 e. The van der Waals surface area contributed by atoms with Crippen LogP contribution in [-0.4, -0.2) is 33.5 Å². The second kappa shape index (κ2) is 6.76. The molecule has 0 atom stereocenters. The number of nitrogens with zero attached hydrogens (tertiary/aromatic N) is 4. The second-order valence-corrected chi connectivity index (χ2v) is 6.06. The maximum Gasteiger partial charge on any atom is 0.255 e. The predicted molar refractivity (Wildman–Crippen MR) is 97.2 cm³/mol. The minimum Gasteiger partial charge on any atom is -0.341 e. The average molecular weight is 333 g/mol. The fourth-order valence-corrected chi connectivity index (χ4v) is 2.96. The van der Waals surface area contributed by atoms with E-state index in [0.29, 0.717) is 11.3 Å². The van der Waals surface area contributed by atoms with Crippen LogP contribution in [0.5, 0.6) is 0 Å². The van der Waals surface area contributed by atoms with Crippen LogP contribution in [0.1, 0.15) is 23.2 Å². The number of carbonyl (C=O) groups is 1.